The number of rotatable bonds is 5. The van der Waals surface area contributed by atoms with Gasteiger partial charge in [-0.15, -0.1) is 0 Å². The predicted octanol–water partition coefficient (Wildman–Crippen LogP) is 4.46. The molecule has 0 aliphatic heterocycles. The lowest BCUT2D eigenvalue weighted by Gasteiger charge is -2.25. The SMILES string of the molecule is COc1ccc(C2CC(=O)c3c(C)nc(Nc4ccccc4)nc3C2)cc1OC. The van der Waals surface area contributed by atoms with Crippen molar-refractivity contribution < 1.29 is 14.3 Å². The van der Waals surface area contributed by atoms with Gasteiger partial charge in [0.15, 0.2) is 17.3 Å². The van der Waals surface area contributed by atoms with Crippen molar-refractivity contribution in [1.29, 1.82) is 0 Å². The number of aryl methyl sites for hydroxylation is 1. The lowest BCUT2D eigenvalue weighted by atomic mass is 9.81. The Bertz CT molecular complexity index is 1050. The van der Waals surface area contributed by atoms with Crippen LogP contribution < -0.4 is 14.8 Å². The maximum Gasteiger partial charge on any atom is 0.227 e. The summed E-state index contributed by atoms with van der Waals surface area (Å²) in [4.78, 5) is 22.1. The number of aromatic nitrogens is 2. The Labute approximate surface area is 169 Å². The molecule has 1 atom stereocenters. The molecular weight excluding hydrogens is 366 g/mol. The highest BCUT2D eigenvalue weighted by atomic mass is 16.5. The van der Waals surface area contributed by atoms with E-state index in [0.29, 0.717) is 41.5 Å². The number of benzene rings is 2. The van der Waals surface area contributed by atoms with Crippen molar-refractivity contribution in [3.8, 4) is 11.5 Å². The standard InChI is InChI=1S/C23H23N3O3/c1-14-22-18(26-23(24-14)25-17-7-5-4-6-8-17)11-16(12-19(22)27)15-9-10-20(28-2)21(13-15)29-3/h4-10,13,16H,11-12H2,1-3H3,(H,24,25,26). The number of hydrogen-bond donors (Lipinski definition) is 1. The van der Waals surface area contributed by atoms with Gasteiger partial charge in [-0.3, -0.25) is 4.79 Å². The number of Topliss-reactive ketones (excluding diaryl/α,β-unsaturated/α-hetero) is 1. The number of hydrogen-bond acceptors (Lipinski definition) is 6. The molecular formula is C23H23N3O3. The first-order chi connectivity index (χ1) is 14.1. The van der Waals surface area contributed by atoms with Crippen molar-refractivity contribution in [2.24, 2.45) is 0 Å². The zero-order valence-electron chi connectivity index (χ0n) is 16.7. The van der Waals surface area contributed by atoms with E-state index in [4.69, 9.17) is 9.47 Å². The average molecular weight is 389 g/mol. The Hall–Kier alpha value is -3.41. The van der Waals surface area contributed by atoms with Gasteiger partial charge in [0, 0.05) is 12.1 Å². The first-order valence-electron chi connectivity index (χ1n) is 9.53. The number of carbonyl (C=O) groups excluding carboxylic acids is 1. The molecule has 4 rings (SSSR count). The molecule has 0 saturated heterocycles. The predicted molar refractivity (Wildman–Crippen MR) is 111 cm³/mol. The van der Waals surface area contributed by atoms with Crippen molar-refractivity contribution in [2.75, 3.05) is 19.5 Å². The third kappa shape index (κ3) is 3.78. The second-order valence-corrected chi connectivity index (χ2v) is 7.09. The Kier molecular flexibility index (Phi) is 5.16. The van der Waals surface area contributed by atoms with Crippen LogP contribution in [0.2, 0.25) is 0 Å². The van der Waals surface area contributed by atoms with Gasteiger partial charge in [0.25, 0.3) is 0 Å². The lowest BCUT2D eigenvalue weighted by molar-refractivity contribution is 0.0962. The van der Waals surface area contributed by atoms with Gasteiger partial charge in [-0.1, -0.05) is 24.3 Å². The van der Waals surface area contributed by atoms with E-state index in [1.807, 2.05) is 55.5 Å². The topological polar surface area (TPSA) is 73.3 Å². The maximum absolute atomic E-state index is 12.9. The van der Waals surface area contributed by atoms with Crippen LogP contribution in [0.15, 0.2) is 48.5 Å². The molecule has 0 radical (unpaired) electrons. The second-order valence-electron chi connectivity index (χ2n) is 7.09. The lowest BCUT2D eigenvalue weighted by Crippen LogP contribution is -2.23. The van der Waals surface area contributed by atoms with Crippen LogP contribution in [0.25, 0.3) is 0 Å². The number of carbonyl (C=O) groups is 1. The molecule has 1 heterocycles. The molecule has 0 fully saturated rings. The van der Waals surface area contributed by atoms with Gasteiger partial charge in [-0.2, -0.15) is 0 Å². The first kappa shape index (κ1) is 18.9. The summed E-state index contributed by atoms with van der Waals surface area (Å²) in [6.07, 6.45) is 1.10. The van der Waals surface area contributed by atoms with Gasteiger partial charge in [-0.25, -0.2) is 9.97 Å². The Morgan fingerprint density at radius 1 is 0.966 bits per heavy atom. The molecule has 1 N–H and O–H groups in total. The highest BCUT2D eigenvalue weighted by molar-refractivity contribution is 5.99. The minimum atomic E-state index is 0.0358. The van der Waals surface area contributed by atoms with Gasteiger partial charge in [0.2, 0.25) is 5.95 Å². The van der Waals surface area contributed by atoms with Gasteiger partial charge in [0.05, 0.1) is 31.2 Å². The summed E-state index contributed by atoms with van der Waals surface area (Å²) in [5.41, 5.74) is 4.09. The molecule has 1 aliphatic rings. The van der Waals surface area contributed by atoms with Crippen molar-refractivity contribution in [1.82, 2.24) is 9.97 Å². The number of anilines is 2. The van der Waals surface area contributed by atoms with Gasteiger partial charge in [-0.05, 0) is 49.1 Å². The molecule has 2 aromatic carbocycles. The quantitative estimate of drug-likeness (QED) is 0.695. The van der Waals surface area contributed by atoms with Crippen molar-refractivity contribution in [3.63, 3.8) is 0 Å². The minimum absolute atomic E-state index is 0.0358. The number of methoxy groups -OCH3 is 2. The number of para-hydroxylation sites is 1. The van der Waals surface area contributed by atoms with Crippen molar-refractivity contribution >= 4 is 17.4 Å². The van der Waals surface area contributed by atoms with Crippen molar-refractivity contribution in [3.05, 3.63) is 71.0 Å². The summed E-state index contributed by atoms with van der Waals surface area (Å²) in [6, 6.07) is 15.6. The van der Waals surface area contributed by atoms with Crippen LogP contribution >= 0.6 is 0 Å². The third-order valence-corrected chi connectivity index (χ3v) is 5.22. The van der Waals surface area contributed by atoms with E-state index in [-0.39, 0.29) is 11.7 Å². The second kappa shape index (κ2) is 7.91. The number of fused-ring (bicyclic) bond motifs is 1. The molecule has 0 spiro atoms. The van der Waals surface area contributed by atoms with Crippen LogP contribution in [0, 0.1) is 6.92 Å². The normalized spacial score (nSPS) is 15.6. The molecule has 6 nitrogen and oxygen atoms in total. The summed E-state index contributed by atoms with van der Waals surface area (Å²) < 4.78 is 10.7. The van der Waals surface area contributed by atoms with Crippen molar-refractivity contribution in [2.45, 2.75) is 25.7 Å². The molecule has 0 saturated carbocycles. The van der Waals surface area contributed by atoms with E-state index in [1.54, 1.807) is 14.2 Å². The summed E-state index contributed by atoms with van der Waals surface area (Å²) in [6.45, 7) is 1.87. The fraction of sp³-hybridized carbons (Fsp3) is 0.261. The van der Waals surface area contributed by atoms with E-state index >= 15 is 0 Å². The van der Waals surface area contributed by atoms with Gasteiger partial charge >= 0.3 is 0 Å². The number of ketones is 1. The van der Waals surface area contributed by atoms with Crippen LogP contribution in [0.5, 0.6) is 11.5 Å². The zero-order chi connectivity index (χ0) is 20.4. The first-order valence-corrected chi connectivity index (χ1v) is 9.53. The minimum Gasteiger partial charge on any atom is -0.493 e. The Morgan fingerprint density at radius 3 is 2.45 bits per heavy atom. The molecule has 1 unspecified atom stereocenters. The molecule has 0 bridgehead atoms. The zero-order valence-corrected chi connectivity index (χ0v) is 16.7. The monoisotopic (exact) mass is 389 g/mol. The van der Waals surface area contributed by atoms with E-state index in [2.05, 4.69) is 15.3 Å². The van der Waals surface area contributed by atoms with Crippen LogP contribution in [-0.2, 0) is 6.42 Å². The van der Waals surface area contributed by atoms with Crippen LogP contribution in [0.1, 0.15) is 39.6 Å². The summed E-state index contributed by atoms with van der Waals surface area (Å²) in [7, 11) is 3.22. The van der Waals surface area contributed by atoms with Crippen LogP contribution in [-0.4, -0.2) is 30.0 Å². The number of nitrogens with one attached hydrogen (secondary N) is 1. The number of nitrogens with zero attached hydrogens (tertiary/aromatic N) is 2. The van der Waals surface area contributed by atoms with E-state index < -0.39 is 0 Å². The average Bonchev–Trinajstić information content (AvgIpc) is 2.73. The molecule has 1 aliphatic carbocycles. The Balaban J connectivity index is 1.66. The van der Waals surface area contributed by atoms with E-state index in [9.17, 15) is 4.79 Å². The molecule has 29 heavy (non-hydrogen) atoms. The largest absolute Gasteiger partial charge is 0.493 e. The van der Waals surface area contributed by atoms with Gasteiger partial charge in [0.1, 0.15) is 0 Å². The summed E-state index contributed by atoms with van der Waals surface area (Å²) in [5.74, 6) is 1.96. The third-order valence-electron chi connectivity index (χ3n) is 5.22. The molecule has 3 aromatic rings. The Morgan fingerprint density at radius 2 is 1.72 bits per heavy atom. The summed E-state index contributed by atoms with van der Waals surface area (Å²) in [5, 5.41) is 3.23. The van der Waals surface area contributed by atoms with Crippen LogP contribution in [0.3, 0.4) is 0 Å². The fourth-order valence-electron chi connectivity index (χ4n) is 3.82. The molecule has 148 valence electrons. The van der Waals surface area contributed by atoms with Crippen LogP contribution in [0.4, 0.5) is 11.6 Å². The van der Waals surface area contributed by atoms with E-state index in [1.165, 1.54) is 0 Å². The molecule has 1 aromatic heterocycles. The maximum atomic E-state index is 12.9. The molecule has 6 heteroatoms. The van der Waals surface area contributed by atoms with Gasteiger partial charge < -0.3 is 14.8 Å². The molecule has 0 amide bonds. The fourth-order valence-corrected chi connectivity index (χ4v) is 3.82. The number of ether oxygens (including phenoxy) is 2. The van der Waals surface area contributed by atoms with E-state index in [0.717, 1.165) is 16.9 Å². The highest BCUT2D eigenvalue weighted by Gasteiger charge is 2.30. The summed E-state index contributed by atoms with van der Waals surface area (Å²) >= 11 is 0. The smallest absolute Gasteiger partial charge is 0.227 e. The highest BCUT2D eigenvalue weighted by Crippen LogP contribution is 2.37.